The van der Waals surface area contributed by atoms with Gasteiger partial charge >= 0.3 is 6.61 Å². The molecule has 5 heteroatoms. The summed E-state index contributed by atoms with van der Waals surface area (Å²) in [4.78, 5) is 11.7. The number of rotatable bonds is 6. The van der Waals surface area contributed by atoms with E-state index in [1.807, 2.05) is 52.8 Å². The first-order valence-electron chi connectivity index (χ1n) is 10.3. The largest absolute Gasteiger partial charge is 0.434 e. The third kappa shape index (κ3) is 10.1. The van der Waals surface area contributed by atoms with Crippen LogP contribution in [0.3, 0.4) is 0 Å². The minimum Gasteiger partial charge on any atom is -0.434 e. The predicted molar refractivity (Wildman–Crippen MR) is 127 cm³/mol. The number of nitrogens with one attached hydrogen (secondary N) is 1. The van der Waals surface area contributed by atoms with E-state index in [2.05, 4.69) is 23.2 Å². The highest BCUT2D eigenvalue weighted by Gasteiger charge is 2.15. The molecule has 0 radical (unpaired) electrons. The molecule has 1 aliphatic heterocycles. The smallest absolute Gasteiger partial charge is 0.387 e. The Morgan fingerprint density at radius 2 is 1.81 bits per heavy atom. The van der Waals surface area contributed by atoms with Crippen molar-refractivity contribution in [3.05, 3.63) is 83.5 Å². The number of para-hydroxylation sites is 1. The normalized spacial score (nSPS) is 13.7. The molecular weight excluding hydrogens is 396 g/mol. The van der Waals surface area contributed by atoms with Gasteiger partial charge in [0.25, 0.3) is 5.91 Å². The molecule has 1 aliphatic rings. The predicted octanol–water partition coefficient (Wildman–Crippen LogP) is 7.25. The molecule has 0 aliphatic carbocycles. The molecule has 1 heterocycles. The maximum atomic E-state index is 11.9. The number of allylic oxidation sites excluding steroid dienone is 5. The molecule has 170 valence electrons. The summed E-state index contributed by atoms with van der Waals surface area (Å²) in [5.74, 6) is 0.196. The number of carbonyl (C=O) groups excluding carboxylic acids is 1. The number of benzene rings is 1. The lowest BCUT2D eigenvalue weighted by Crippen LogP contribution is -2.30. The number of hydrogen-bond acceptors (Lipinski definition) is 2. The van der Waals surface area contributed by atoms with Gasteiger partial charge in [0, 0.05) is 17.7 Å². The van der Waals surface area contributed by atoms with Crippen LogP contribution in [0.1, 0.15) is 53.5 Å². The number of hydrogen-bond donors (Lipinski definition) is 1. The number of carbonyl (C=O) groups is 1. The van der Waals surface area contributed by atoms with Crippen LogP contribution in [0, 0.1) is 0 Å². The van der Waals surface area contributed by atoms with E-state index in [1.54, 1.807) is 25.1 Å². The standard InChI is InChI=1S/C14H19NO.C10H10F2O.C2H6/c1-5-6-10(2)12(4)9-13-11(3)7-8-15-14(13)16;1-7(2)8-5-3-4-6-9(8)13-10(11)12;1-2/h5-6,9H,2,7-8H2,1,3-4H3,(H,15,16);3-6,10H,1H2,2H3;1-2H3/b6-5-,12-9+;;. The quantitative estimate of drug-likeness (QED) is 0.482. The molecule has 31 heavy (non-hydrogen) atoms. The Morgan fingerprint density at radius 3 is 2.32 bits per heavy atom. The summed E-state index contributed by atoms with van der Waals surface area (Å²) in [6, 6.07) is 6.59. The van der Waals surface area contributed by atoms with E-state index >= 15 is 0 Å². The third-order valence-corrected chi connectivity index (χ3v) is 4.29. The van der Waals surface area contributed by atoms with Gasteiger partial charge in [0.1, 0.15) is 5.75 Å². The Bertz CT molecular complexity index is 849. The summed E-state index contributed by atoms with van der Waals surface area (Å²) in [6.07, 6.45) is 6.75. The van der Waals surface area contributed by atoms with Gasteiger partial charge in [-0.1, -0.05) is 62.9 Å². The average molecular weight is 432 g/mol. The Hall–Kier alpha value is -2.95. The molecule has 0 saturated carbocycles. The van der Waals surface area contributed by atoms with Crippen LogP contribution in [-0.2, 0) is 4.79 Å². The summed E-state index contributed by atoms with van der Waals surface area (Å²) < 4.78 is 28.1. The molecule has 0 unspecified atom stereocenters. The number of halogens is 2. The van der Waals surface area contributed by atoms with Gasteiger partial charge in [0.15, 0.2) is 0 Å². The molecule has 1 aromatic carbocycles. The Balaban J connectivity index is 0.000000547. The molecule has 0 bridgehead atoms. The Kier molecular flexibility index (Phi) is 13.5. The highest BCUT2D eigenvalue weighted by molar-refractivity contribution is 5.98. The number of alkyl halides is 2. The second-order valence-electron chi connectivity index (χ2n) is 6.71. The first-order valence-corrected chi connectivity index (χ1v) is 10.3. The van der Waals surface area contributed by atoms with Gasteiger partial charge in [-0.15, -0.1) is 0 Å². The fourth-order valence-corrected chi connectivity index (χ4v) is 2.64. The summed E-state index contributed by atoms with van der Waals surface area (Å²) >= 11 is 0. The minimum atomic E-state index is -2.79. The second-order valence-corrected chi connectivity index (χ2v) is 6.71. The van der Waals surface area contributed by atoms with Gasteiger partial charge < -0.3 is 10.1 Å². The SMILES string of the molecule is C=C(/C=C\C)/C(C)=C/C1=C(C)CCNC1=O.C=C(C)c1ccccc1OC(F)F.CC. The van der Waals surface area contributed by atoms with Crippen molar-refractivity contribution >= 4 is 11.5 Å². The van der Waals surface area contributed by atoms with Gasteiger partial charge in [0.05, 0.1) is 0 Å². The lowest BCUT2D eigenvalue weighted by Gasteiger charge is -2.16. The summed E-state index contributed by atoms with van der Waals surface area (Å²) in [6.45, 7) is 17.3. The molecule has 0 spiro atoms. The van der Waals surface area contributed by atoms with Crippen molar-refractivity contribution in [3.8, 4) is 5.75 Å². The Morgan fingerprint density at radius 1 is 1.19 bits per heavy atom. The highest BCUT2D eigenvalue weighted by atomic mass is 19.3. The maximum absolute atomic E-state index is 11.9. The van der Waals surface area contributed by atoms with Crippen molar-refractivity contribution in [1.29, 1.82) is 0 Å². The van der Waals surface area contributed by atoms with Crippen molar-refractivity contribution in [2.45, 2.75) is 54.6 Å². The summed E-state index contributed by atoms with van der Waals surface area (Å²) in [5.41, 5.74) is 5.23. The third-order valence-electron chi connectivity index (χ3n) is 4.29. The van der Waals surface area contributed by atoms with Crippen LogP contribution < -0.4 is 10.1 Å². The molecular formula is C26H35F2NO2. The maximum Gasteiger partial charge on any atom is 0.387 e. The van der Waals surface area contributed by atoms with Crippen LogP contribution in [0.2, 0.25) is 0 Å². The molecule has 0 saturated heterocycles. The minimum absolute atomic E-state index is 0.0244. The monoisotopic (exact) mass is 431 g/mol. The van der Waals surface area contributed by atoms with Crippen LogP contribution in [0.25, 0.3) is 5.57 Å². The molecule has 0 fully saturated rings. The summed E-state index contributed by atoms with van der Waals surface area (Å²) in [7, 11) is 0. The van der Waals surface area contributed by atoms with Crippen molar-refractivity contribution in [3.63, 3.8) is 0 Å². The van der Waals surface area contributed by atoms with Crippen LogP contribution in [0.15, 0.2) is 77.9 Å². The highest BCUT2D eigenvalue weighted by Crippen LogP contribution is 2.25. The zero-order valence-electron chi connectivity index (χ0n) is 19.5. The molecule has 0 aromatic heterocycles. The first kappa shape index (κ1) is 28.1. The van der Waals surface area contributed by atoms with E-state index in [-0.39, 0.29) is 11.7 Å². The summed E-state index contributed by atoms with van der Waals surface area (Å²) in [5, 5.41) is 2.85. The van der Waals surface area contributed by atoms with Gasteiger partial charge in [-0.2, -0.15) is 8.78 Å². The molecule has 0 atom stereocenters. The first-order chi connectivity index (χ1) is 14.7. The van der Waals surface area contributed by atoms with E-state index in [4.69, 9.17) is 0 Å². The van der Waals surface area contributed by atoms with Crippen molar-refractivity contribution in [1.82, 2.24) is 5.32 Å². The van der Waals surface area contributed by atoms with Crippen molar-refractivity contribution in [2.24, 2.45) is 0 Å². The Labute approximate surface area is 185 Å². The van der Waals surface area contributed by atoms with E-state index in [1.165, 1.54) is 6.07 Å². The van der Waals surface area contributed by atoms with Gasteiger partial charge in [-0.05, 0) is 63.0 Å². The number of ether oxygens (including phenoxy) is 1. The van der Waals surface area contributed by atoms with Crippen LogP contribution >= 0.6 is 0 Å². The molecule has 1 amide bonds. The zero-order chi connectivity index (χ0) is 24.0. The van der Waals surface area contributed by atoms with Crippen LogP contribution in [-0.4, -0.2) is 19.1 Å². The lowest BCUT2D eigenvalue weighted by molar-refractivity contribution is -0.117. The van der Waals surface area contributed by atoms with E-state index in [0.29, 0.717) is 11.1 Å². The number of amides is 1. The fraction of sp³-hybridized carbons (Fsp3) is 0.346. The molecule has 1 aromatic rings. The second kappa shape index (κ2) is 14.9. The molecule has 3 nitrogen and oxygen atoms in total. The molecule has 2 rings (SSSR count). The van der Waals surface area contributed by atoms with E-state index in [0.717, 1.165) is 35.3 Å². The van der Waals surface area contributed by atoms with Gasteiger partial charge in [0.2, 0.25) is 0 Å². The van der Waals surface area contributed by atoms with E-state index in [9.17, 15) is 13.6 Å². The van der Waals surface area contributed by atoms with E-state index < -0.39 is 6.61 Å². The molecule has 1 N–H and O–H groups in total. The zero-order valence-corrected chi connectivity index (χ0v) is 19.5. The topological polar surface area (TPSA) is 38.3 Å². The lowest BCUT2D eigenvalue weighted by atomic mass is 9.98. The van der Waals surface area contributed by atoms with Crippen molar-refractivity contribution < 1.29 is 18.3 Å². The fourth-order valence-electron chi connectivity index (χ4n) is 2.64. The van der Waals surface area contributed by atoms with Crippen molar-refractivity contribution in [2.75, 3.05) is 6.54 Å². The van der Waals surface area contributed by atoms with Gasteiger partial charge in [-0.3, -0.25) is 4.79 Å². The van der Waals surface area contributed by atoms with Crippen LogP contribution in [0.4, 0.5) is 8.78 Å². The average Bonchev–Trinajstić information content (AvgIpc) is 2.72. The van der Waals surface area contributed by atoms with Crippen LogP contribution in [0.5, 0.6) is 5.75 Å². The van der Waals surface area contributed by atoms with Gasteiger partial charge in [-0.25, -0.2) is 0 Å².